The molecule has 1 aromatic carbocycles. The maximum Gasteiger partial charge on any atom is 0.123 e. The van der Waals surface area contributed by atoms with E-state index in [1.807, 2.05) is 10.9 Å². The molecule has 4 heteroatoms. The minimum atomic E-state index is -0.213. The number of nitrogens with zero attached hydrogens (tertiary/aromatic N) is 2. The van der Waals surface area contributed by atoms with Gasteiger partial charge in [-0.25, -0.2) is 4.39 Å². The van der Waals surface area contributed by atoms with Crippen molar-refractivity contribution in [2.45, 2.75) is 38.1 Å². The Morgan fingerprint density at radius 2 is 1.89 bits per heavy atom. The van der Waals surface area contributed by atoms with E-state index in [0.29, 0.717) is 12.5 Å². The fourth-order valence-electron chi connectivity index (χ4n) is 2.83. The van der Waals surface area contributed by atoms with E-state index in [9.17, 15) is 4.39 Å². The quantitative estimate of drug-likeness (QED) is 0.919. The molecule has 0 aliphatic heterocycles. The van der Waals surface area contributed by atoms with Gasteiger partial charge in [0.15, 0.2) is 0 Å². The minimum Gasteiger partial charge on any atom is -0.396 e. The average Bonchev–Trinajstić information content (AvgIpc) is 3.01. The van der Waals surface area contributed by atoms with Crippen molar-refractivity contribution in [2.75, 3.05) is 5.73 Å². The number of aromatic nitrogens is 2. The van der Waals surface area contributed by atoms with E-state index < -0.39 is 0 Å². The van der Waals surface area contributed by atoms with E-state index in [2.05, 4.69) is 5.10 Å². The third-order valence-electron chi connectivity index (χ3n) is 3.82. The average molecular weight is 259 g/mol. The minimum absolute atomic E-state index is 0.213. The number of benzene rings is 1. The molecule has 1 aliphatic rings. The fraction of sp³-hybridized carbons (Fsp3) is 0.400. The lowest BCUT2D eigenvalue weighted by molar-refractivity contribution is 0.618. The molecule has 1 heterocycles. The Labute approximate surface area is 112 Å². The molecule has 3 nitrogen and oxygen atoms in total. The van der Waals surface area contributed by atoms with Crippen LogP contribution < -0.4 is 5.73 Å². The zero-order valence-corrected chi connectivity index (χ0v) is 10.8. The highest BCUT2D eigenvalue weighted by Crippen LogP contribution is 2.35. The molecule has 2 N–H and O–H groups in total. The largest absolute Gasteiger partial charge is 0.396 e. The van der Waals surface area contributed by atoms with Gasteiger partial charge in [-0.15, -0.1) is 0 Å². The molecule has 0 spiro atoms. The summed E-state index contributed by atoms with van der Waals surface area (Å²) >= 11 is 0. The lowest BCUT2D eigenvalue weighted by atomic mass is 10.0. The Kier molecular flexibility index (Phi) is 3.23. The van der Waals surface area contributed by atoms with Gasteiger partial charge < -0.3 is 5.73 Å². The van der Waals surface area contributed by atoms with Crippen LogP contribution in [0.3, 0.4) is 0 Å². The van der Waals surface area contributed by atoms with Gasteiger partial charge in [0, 0.05) is 12.1 Å². The van der Waals surface area contributed by atoms with Crippen molar-refractivity contribution >= 4 is 5.69 Å². The molecule has 0 bridgehead atoms. The molecule has 0 amide bonds. The molecule has 100 valence electrons. The molecular weight excluding hydrogens is 241 g/mol. The van der Waals surface area contributed by atoms with E-state index in [-0.39, 0.29) is 5.82 Å². The van der Waals surface area contributed by atoms with Crippen LogP contribution in [0.25, 0.3) is 0 Å². The maximum atomic E-state index is 12.9. The molecule has 1 fully saturated rings. The van der Waals surface area contributed by atoms with E-state index in [1.165, 1.54) is 37.8 Å². The molecule has 1 saturated carbocycles. The Hall–Kier alpha value is -1.84. The Bertz CT molecular complexity index is 553. The van der Waals surface area contributed by atoms with E-state index in [0.717, 1.165) is 16.9 Å². The van der Waals surface area contributed by atoms with E-state index in [4.69, 9.17) is 5.73 Å². The summed E-state index contributed by atoms with van der Waals surface area (Å²) in [7, 11) is 0. The van der Waals surface area contributed by atoms with Crippen molar-refractivity contribution in [3.63, 3.8) is 0 Å². The van der Waals surface area contributed by atoms with Gasteiger partial charge in [0.2, 0.25) is 0 Å². The number of rotatable bonds is 3. The van der Waals surface area contributed by atoms with Gasteiger partial charge in [-0.1, -0.05) is 25.0 Å². The Balaban J connectivity index is 1.78. The topological polar surface area (TPSA) is 43.8 Å². The Morgan fingerprint density at radius 1 is 1.21 bits per heavy atom. The number of anilines is 1. The summed E-state index contributed by atoms with van der Waals surface area (Å²) in [4.78, 5) is 0. The number of nitrogen functional groups attached to an aromatic ring is 1. The molecule has 1 aliphatic carbocycles. The molecule has 0 saturated heterocycles. The molecule has 0 unspecified atom stereocenters. The van der Waals surface area contributed by atoms with Crippen LogP contribution in [0.1, 0.15) is 42.9 Å². The highest BCUT2D eigenvalue weighted by molar-refractivity contribution is 5.43. The molecular formula is C15H18FN3. The van der Waals surface area contributed by atoms with Crippen LogP contribution in [-0.4, -0.2) is 9.78 Å². The van der Waals surface area contributed by atoms with Gasteiger partial charge in [-0.3, -0.25) is 4.68 Å². The van der Waals surface area contributed by atoms with Crippen molar-refractivity contribution < 1.29 is 4.39 Å². The fourth-order valence-corrected chi connectivity index (χ4v) is 2.83. The smallest absolute Gasteiger partial charge is 0.123 e. The summed E-state index contributed by atoms with van der Waals surface area (Å²) in [5.74, 6) is 0.310. The van der Waals surface area contributed by atoms with Crippen LogP contribution in [-0.2, 0) is 6.54 Å². The predicted octanol–water partition coefficient (Wildman–Crippen LogP) is 3.31. The summed E-state index contributed by atoms with van der Waals surface area (Å²) in [5.41, 5.74) is 8.91. The normalized spacial score (nSPS) is 16.1. The SMILES string of the molecule is Nc1cn(Cc2ccc(F)cc2)nc1C1CCCC1. The highest BCUT2D eigenvalue weighted by Gasteiger charge is 2.22. The van der Waals surface area contributed by atoms with Crippen LogP contribution in [0.2, 0.25) is 0 Å². The molecule has 1 aromatic heterocycles. The van der Waals surface area contributed by atoms with Crippen molar-refractivity contribution in [1.29, 1.82) is 0 Å². The first-order valence-corrected chi connectivity index (χ1v) is 6.79. The van der Waals surface area contributed by atoms with E-state index in [1.54, 1.807) is 12.1 Å². The second-order valence-electron chi connectivity index (χ2n) is 5.28. The van der Waals surface area contributed by atoms with Gasteiger partial charge in [0.05, 0.1) is 17.9 Å². The number of halogens is 1. The third kappa shape index (κ3) is 2.62. The second kappa shape index (κ2) is 5.03. The first-order chi connectivity index (χ1) is 9.22. The molecule has 0 radical (unpaired) electrons. The third-order valence-corrected chi connectivity index (χ3v) is 3.82. The van der Waals surface area contributed by atoms with E-state index >= 15 is 0 Å². The summed E-state index contributed by atoms with van der Waals surface area (Å²) < 4.78 is 14.7. The van der Waals surface area contributed by atoms with Crippen molar-refractivity contribution in [1.82, 2.24) is 9.78 Å². The van der Waals surface area contributed by atoms with Crippen molar-refractivity contribution in [3.8, 4) is 0 Å². The van der Waals surface area contributed by atoms with Crippen LogP contribution in [0.5, 0.6) is 0 Å². The Morgan fingerprint density at radius 3 is 2.58 bits per heavy atom. The van der Waals surface area contributed by atoms with Crippen LogP contribution in [0.4, 0.5) is 10.1 Å². The maximum absolute atomic E-state index is 12.9. The van der Waals surface area contributed by atoms with Crippen LogP contribution in [0, 0.1) is 5.82 Å². The van der Waals surface area contributed by atoms with Crippen LogP contribution >= 0.6 is 0 Å². The first-order valence-electron chi connectivity index (χ1n) is 6.79. The summed E-state index contributed by atoms with van der Waals surface area (Å²) in [5, 5.41) is 4.61. The summed E-state index contributed by atoms with van der Waals surface area (Å²) in [6, 6.07) is 6.50. The predicted molar refractivity (Wildman–Crippen MR) is 73.4 cm³/mol. The standard InChI is InChI=1S/C15H18FN3/c16-13-7-5-11(6-8-13)9-19-10-14(17)15(18-19)12-3-1-2-4-12/h5-8,10,12H,1-4,9,17H2. The number of hydrogen-bond donors (Lipinski definition) is 1. The van der Waals surface area contributed by atoms with Gasteiger partial charge in [0.1, 0.15) is 5.82 Å². The summed E-state index contributed by atoms with van der Waals surface area (Å²) in [6.07, 6.45) is 6.82. The monoisotopic (exact) mass is 259 g/mol. The van der Waals surface area contributed by atoms with Gasteiger partial charge in [-0.2, -0.15) is 5.10 Å². The van der Waals surface area contributed by atoms with Crippen LogP contribution in [0.15, 0.2) is 30.5 Å². The lowest BCUT2D eigenvalue weighted by Gasteiger charge is -2.06. The molecule has 2 aromatic rings. The molecule has 3 rings (SSSR count). The van der Waals surface area contributed by atoms with Gasteiger partial charge >= 0.3 is 0 Å². The van der Waals surface area contributed by atoms with Gasteiger partial charge in [0.25, 0.3) is 0 Å². The second-order valence-corrected chi connectivity index (χ2v) is 5.28. The molecule has 19 heavy (non-hydrogen) atoms. The number of nitrogens with two attached hydrogens (primary N) is 1. The number of hydrogen-bond acceptors (Lipinski definition) is 2. The summed E-state index contributed by atoms with van der Waals surface area (Å²) in [6.45, 7) is 0.636. The first kappa shape index (κ1) is 12.2. The molecule has 0 atom stereocenters. The van der Waals surface area contributed by atoms with Gasteiger partial charge in [-0.05, 0) is 30.5 Å². The van der Waals surface area contributed by atoms with Crippen molar-refractivity contribution in [2.24, 2.45) is 0 Å². The zero-order chi connectivity index (χ0) is 13.2. The lowest BCUT2D eigenvalue weighted by Crippen LogP contribution is -2.02. The zero-order valence-electron chi connectivity index (χ0n) is 10.8. The van der Waals surface area contributed by atoms with Crippen molar-refractivity contribution in [3.05, 3.63) is 47.5 Å². The highest BCUT2D eigenvalue weighted by atomic mass is 19.1.